The Morgan fingerprint density at radius 2 is 1.71 bits per heavy atom. The second kappa shape index (κ2) is 10.1. The van der Waals surface area contributed by atoms with E-state index in [-0.39, 0.29) is 23.2 Å². The monoisotopic (exact) mass is 503 g/mol. The minimum atomic E-state index is -3.97. The van der Waals surface area contributed by atoms with Crippen molar-refractivity contribution in [3.63, 3.8) is 0 Å². The minimum absolute atomic E-state index is 0.0560. The summed E-state index contributed by atoms with van der Waals surface area (Å²) in [5, 5.41) is 0.365. The normalized spacial score (nSPS) is 13.2. The SMILES string of the molecule is COc1ccc(COc2nc3c(nc2NS(=O)(=O)c2cccc(Cl)c2C)CCCC3)cc1OC. The Morgan fingerprint density at radius 1 is 1.00 bits per heavy atom. The van der Waals surface area contributed by atoms with Crippen molar-refractivity contribution in [2.75, 3.05) is 18.9 Å². The second-order valence-corrected chi connectivity index (χ2v) is 9.98. The lowest BCUT2D eigenvalue weighted by Crippen LogP contribution is -2.19. The van der Waals surface area contributed by atoms with Crippen LogP contribution in [0.25, 0.3) is 0 Å². The maximum Gasteiger partial charge on any atom is 0.263 e. The summed E-state index contributed by atoms with van der Waals surface area (Å²) in [6, 6.07) is 10.2. The fourth-order valence-corrected chi connectivity index (χ4v) is 5.32. The van der Waals surface area contributed by atoms with E-state index in [2.05, 4.69) is 14.7 Å². The third kappa shape index (κ3) is 5.05. The van der Waals surface area contributed by atoms with Crippen LogP contribution in [0.2, 0.25) is 5.02 Å². The molecule has 8 nitrogen and oxygen atoms in total. The molecule has 0 fully saturated rings. The van der Waals surface area contributed by atoms with Crippen LogP contribution in [0.3, 0.4) is 0 Å². The first-order valence-corrected chi connectivity index (χ1v) is 12.7. The number of anilines is 1. The minimum Gasteiger partial charge on any atom is -0.493 e. The number of fused-ring (bicyclic) bond motifs is 1. The summed E-state index contributed by atoms with van der Waals surface area (Å²) in [4.78, 5) is 9.30. The van der Waals surface area contributed by atoms with Gasteiger partial charge in [-0.05, 0) is 68.0 Å². The molecule has 0 radical (unpaired) electrons. The molecule has 1 aliphatic carbocycles. The van der Waals surface area contributed by atoms with E-state index in [9.17, 15) is 8.42 Å². The van der Waals surface area contributed by atoms with E-state index in [4.69, 9.17) is 25.8 Å². The number of aromatic nitrogens is 2. The van der Waals surface area contributed by atoms with Crippen LogP contribution in [-0.4, -0.2) is 32.6 Å². The number of ether oxygens (including phenoxy) is 3. The molecule has 1 N–H and O–H groups in total. The van der Waals surface area contributed by atoms with Gasteiger partial charge in [0, 0.05) is 5.02 Å². The van der Waals surface area contributed by atoms with E-state index in [1.165, 1.54) is 6.07 Å². The first-order valence-electron chi connectivity index (χ1n) is 10.8. The van der Waals surface area contributed by atoms with Gasteiger partial charge in [0.05, 0.1) is 30.5 Å². The summed E-state index contributed by atoms with van der Waals surface area (Å²) in [5.41, 5.74) is 2.87. The number of hydrogen-bond donors (Lipinski definition) is 1. The zero-order valence-corrected chi connectivity index (χ0v) is 20.8. The van der Waals surface area contributed by atoms with Crippen LogP contribution in [0.5, 0.6) is 17.4 Å². The third-order valence-electron chi connectivity index (χ3n) is 5.66. The van der Waals surface area contributed by atoms with Crippen LogP contribution in [0.1, 0.15) is 35.4 Å². The van der Waals surface area contributed by atoms with Crippen LogP contribution in [-0.2, 0) is 29.5 Å². The molecule has 2 aromatic carbocycles. The number of halogens is 1. The van der Waals surface area contributed by atoms with Gasteiger partial charge in [-0.2, -0.15) is 0 Å². The molecule has 0 bridgehead atoms. The Kier molecular flexibility index (Phi) is 7.13. The maximum atomic E-state index is 13.2. The van der Waals surface area contributed by atoms with Gasteiger partial charge < -0.3 is 14.2 Å². The molecule has 0 aliphatic heterocycles. The van der Waals surface area contributed by atoms with Gasteiger partial charge in [0.25, 0.3) is 15.9 Å². The fourth-order valence-electron chi connectivity index (χ4n) is 3.82. The third-order valence-corrected chi connectivity index (χ3v) is 7.55. The highest BCUT2D eigenvalue weighted by molar-refractivity contribution is 7.92. The van der Waals surface area contributed by atoms with Crippen LogP contribution in [0, 0.1) is 6.92 Å². The maximum absolute atomic E-state index is 13.2. The van der Waals surface area contributed by atoms with Crippen molar-refractivity contribution in [2.45, 2.75) is 44.1 Å². The zero-order valence-electron chi connectivity index (χ0n) is 19.2. The molecular weight excluding hydrogens is 478 g/mol. The predicted octanol–water partition coefficient (Wildman–Crippen LogP) is 4.71. The summed E-state index contributed by atoms with van der Waals surface area (Å²) >= 11 is 6.15. The predicted molar refractivity (Wildman–Crippen MR) is 130 cm³/mol. The Hall–Kier alpha value is -3.04. The highest BCUT2D eigenvalue weighted by Gasteiger charge is 2.24. The van der Waals surface area contributed by atoms with Gasteiger partial charge in [-0.1, -0.05) is 23.7 Å². The molecule has 10 heteroatoms. The summed E-state index contributed by atoms with van der Waals surface area (Å²) in [7, 11) is -0.848. The Bertz CT molecular complexity index is 1310. The van der Waals surface area contributed by atoms with Crippen LogP contribution in [0.15, 0.2) is 41.3 Å². The van der Waals surface area contributed by atoms with Crippen molar-refractivity contribution in [1.29, 1.82) is 0 Å². The summed E-state index contributed by atoms with van der Waals surface area (Å²) in [5.74, 6) is 1.35. The average Bonchev–Trinajstić information content (AvgIpc) is 2.83. The molecule has 34 heavy (non-hydrogen) atoms. The summed E-state index contributed by atoms with van der Waals surface area (Å²) in [6.45, 7) is 1.79. The number of hydrogen-bond acceptors (Lipinski definition) is 7. The number of methoxy groups -OCH3 is 2. The first kappa shape index (κ1) is 24.1. The van der Waals surface area contributed by atoms with E-state index in [1.54, 1.807) is 45.4 Å². The van der Waals surface area contributed by atoms with E-state index >= 15 is 0 Å². The highest BCUT2D eigenvalue weighted by atomic mass is 35.5. The number of sulfonamides is 1. The van der Waals surface area contributed by atoms with Crippen LogP contribution >= 0.6 is 11.6 Å². The Morgan fingerprint density at radius 3 is 2.41 bits per heavy atom. The molecule has 0 spiro atoms. The number of aryl methyl sites for hydroxylation is 2. The number of nitrogens with one attached hydrogen (secondary N) is 1. The van der Waals surface area contributed by atoms with E-state index < -0.39 is 10.0 Å². The lowest BCUT2D eigenvalue weighted by atomic mass is 10.0. The fraction of sp³-hybridized carbons (Fsp3) is 0.333. The van der Waals surface area contributed by atoms with Gasteiger partial charge in [0.2, 0.25) is 5.82 Å². The molecule has 3 aromatic rings. The molecule has 0 amide bonds. The smallest absolute Gasteiger partial charge is 0.263 e. The molecule has 1 aliphatic rings. The standard InChI is InChI=1S/C24H26ClN3O5S/c1-15-17(25)7-6-10-22(15)34(29,30)28-23-24(27-19-9-5-4-8-18(19)26-23)33-14-16-11-12-20(31-2)21(13-16)32-3/h6-7,10-13H,4-5,8-9,14H2,1-3H3,(H,26,28). The van der Waals surface area contributed by atoms with Gasteiger partial charge in [-0.25, -0.2) is 18.4 Å². The zero-order chi connectivity index (χ0) is 24.3. The molecule has 0 unspecified atom stereocenters. The molecule has 1 aromatic heterocycles. The van der Waals surface area contributed by atoms with Crippen molar-refractivity contribution in [1.82, 2.24) is 9.97 Å². The van der Waals surface area contributed by atoms with E-state index in [0.717, 1.165) is 42.6 Å². The molecule has 180 valence electrons. The topological polar surface area (TPSA) is 99.6 Å². The van der Waals surface area contributed by atoms with Crippen molar-refractivity contribution in [3.8, 4) is 17.4 Å². The Balaban J connectivity index is 1.66. The van der Waals surface area contributed by atoms with Gasteiger partial charge in [-0.15, -0.1) is 0 Å². The lowest BCUT2D eigenvalue weighted by molar-refractivity contribution is 0.291. The Labute approximate surface area is 204 Å². The molecule has 0 saturated heterocycles. The highest BCUT2D eigenvalue weighted by Crippen LogP contribution is 2.32. The molecular formula is C24H26ClN3O5S. The van der Waals surface area contributed by atoms with Crippen molar-refractivity contribution in [3.05, 3.63) is 63.9 Å². The number of rotatable bonds is 8. The van der Waals surface area contributed by atoms with Crippen molar-refractivity contribution >= 4 is 27.4 Å². The largest absolute Gasteiger partial charge is 0.493 e. The number of nitrogens with zero attached hydrogens (tertiary/aromatic N) is 2. The van der Waals surface area contributed by atoms with Crippen LogP contribution < -0.4 is 18.9 Å². The average molecular weight is 504 g/mol. The molecule has 0 atom stereocenters. The van der Waals surface area contributed by atoms with Crippen molar-refractivity contribution in [2.24, 2.45) is 0 Å². The molecule has 0 saturated carbocycles. The summed E-state index contributed by atoms with van der Waals surface area (Å²) < 4.78 is 45.6. The summed E-state index contributed by atoms with van der Waals surface area (Å²) in [6.07, 6.45) is 3.50. The second-order valence-electron chi connectivity index (χ2n) is 7.92. The number of benzene rings is 2. The van der Waals surface area contributed by atoms with Gasteiger partial charge in [-0.3, -0.25) is 4.72 Å². The van der Waals surface area contributed by atoms with E-state index in [0.29, 0.717) is 22.1 Å². The molecule has 1 heterocycles. The molecule has 4 rings (SSSR count). The van der Waals surface area contributed by atoms with Crippen LogP contribution in [0.4, 0.5) is 5.82 Å². The quantitative estimate of drug-likeness (QED) is 0.475. The van der Waals surface area contributed by atoms with Crippen molar-refractivity contribution < 1.29 is 22.6 Å². The first-order chi connectivity index (χ1) is 16.3. The van der Waals surface area contributed by atoms with Gasteiger partial charge >= 0.3 is 0 Å². The van der Waals surface area contributed by atoms with E-state index in [1.807, 2.05) is 6.07 Å². The van der Waals surface area contributed by atoms with Gasteiger partial charge in [0.1, 0.15) is 6.61 Å². The lowest BCUT2D eigenvalue weighted by Gasteiger charge is -2.19. The van der Waals surface area contributed by atoms with Gasteiger partial charge in [0.15, 0.2) is 11.5 Å².